The Kier molecular flexibility index (Phi) is 7.13. The predicted octanol–water partition coefficient (Wildman–Crippen LogP) is 4.30. The normalized spacial score (nSPS) is 11.6. The van der Waals surface area contributed by atoms with Gasteiger partial charge in [0.15, 0.2) is 5.11 Å². The van der Waals surface area contributed by atoms with Gasteiger partial charge in [0, 0.05) is 6.08 Å². The van der Waals surface area contributed by atoms with E-state index in [1.807, 2.05) is 37.3 Å². The second kappa shape index (κ2) is 10.2. The van der Waals surface area contributed by atoms with Crippen LogP contribution in [0.2, 0.25) is 0 Å². The molecule has 3 N–H and O–H groups in total. The lowest BCUT2D eigenvalue weighted by Gasteiger charge is -2.17. The maximum Gasteiger partial charge on any atom is 0.253 e. The molecule has 152 valence electrons. The molecule has 1 aromatic heterocycles. The fraction of sp³-hybridized carbons (Fsp3) is 0.0870. The minimum Gasteiger partial charge on any atom is -0.465 e. The molecule has 0 aliphatic rings. The fourth-order valence-corrected chi connectivity index (χ4v) is 2.95. The molecule has 7 heteroatoms. The summed E-state index contributed by atoms with van der Waals surface area (Å²) in [5.74, 6) is -0.108. The molecule has 0 radical (unpaired) electrons. The average molecular weight is 420 g/mol. The topological polar surface area (TPSA) is 83.4 Å². The maximum atomic E-state index is 12.8. The van der Waals surface area contributed by atoms with Crippen LogP contribution in [0.4, 0.5) is 5.69 Å². The highest BCUT2D eigenvalue weighted by Crippen LogP contribution is 2.18. The Labute approximate surface area is 180 Å². The number of nitrogens with one attached hydrogen (secondary N) is 3. The van der Waals surface area contributed by atoms with Crippen LogP contribution in [0.1, 0.15) is 34.6 Å². The predicted molar refractivity (Wildman–Crippen MR) is 121 cm³/mol. The minimum atomic E-state index is -0.413. The Morgan fingerprint density at radius 3 is 2.47 bits per heavy atom. The van der Waals surface area contributed by atoms with E-state index < -0.39 is 5.91 Å². The monoisotopic (exact) mass is 419 g/mol. The van der Waals surface area contributed by atoms with Crippen LogP contribution in [0.3, 0.4) is 0 Å². The van der Waals surface area contributed by atoms with Crippen molar-refractivity contribution >= 4 is 40.9 Å². The third-order valence-electron chi connectivity index (χ3n) is 4.25. The number of benzene rings is 2. The van der Waals surface area contributed by atoms with Crippen LogP contribution in [0.5, 0.6) is 0 Å². The van der Waals surface area contributed by atoms with E-state index in [0.717, 1.165) is 5.56 Å². The number of amides is 2. The van der Waals surface area contributed by atoms with Gasteiger partial charge >= 0.3 is 0 Å². The van der Waals surface area contributed by atoms with E-state index in [1.165, 1.54) is 18.4 Å². The van der Waals surface area contributed by atoms with Crippen molar-refractivity contribution in [3.63, 3.8) is 0 Å². The van der Waals surface area contributed by atoms with E-state index in [2.05, 4.69) is 16.0 Å². The summed E-state index contributed by atoms with van der Waals surface area (Å²) in [7, 11) is 0. The molecule has 1 unspecified atom stereocenters. The number of para-hydroxylation sites is 1. The average Bonchev–Trinajstić information content (AvgIpc) is 3.27. The molecule has 0 saturated carbocycles. The smallest absolute Gasteiger partial charge is 0.253 e. The molecule has 0 spiro atoms. The van der Waals surface area contributed by atoms with Crippen molar-refractivity contribution in [3.05, 3.63) is 96.0 Å². The van der Waals surface area contributed by atoms with Crippen LogP contribution < -0.4 is 16.0 Å². The first-order valence-corrected chi connectivity index (χ1v) is 9.72. The molecule has 0 saturated heterocycles. The molecular weight excluding hydrogens is 398 g/mol. The second-order valence-electron chi connectivity index (χ2n) is 6.44. The van der Waals surface area contributed by atoms with Gasteiger partial charge in [-0.05, 0) is 55.0 Å². The van der Waals surface area contributed by atoms with E-state index in [1.54, 1.807) is 36.4 Å². The van der Waals surface area contributed by atoms with Gasteiger partial charge in [-0.1, -0.05) is 42.5 Å². The molecule has 3 rings (SSSR count). The number of thiocarbonyl (C=S) groups is 1. The zero-order valence-corrected chi connectivity index (χ0v) is 17.1. The van der Waals surface area contributed by atoms with E-state index >= 15 is 0 Å². The minimum absolute atomic E-state index is 0.0838. The van der Waals surface area contributed by atoms with Crippen LogP contribution in [-0.4, -0.2) is 16.9 Å². The van der Waals surface area contributed by atoms with Gasteiger partial charge in [0.1, 0.15) is 5.76 Å². The largest absolute Gasteiger partial charge is 0.465 e. The van der Waals surface area contributed by atoms with Crippen molar-refractivity contribution in [2.24, 2.45) is 0 Å². The van der Waals surface area contributed by atoms with E-state index in [4.69, 9.17) is 16.6 Å². The number of rotatable bonds is 6. The Morgan fingerprint density at radius 1 is 1.00 bits per heavy atom. The van der Waals surface area contributed by atoms with Gasteiger partial charge in [0.05, 0.1) is 23.6 Å². The summed E-state index contributed by atoms with van der Waals surface area (Å²) >= 11 is 5.20. The van der Waals surface area contributed by atoms with E-state index in [0.29, 0.717) is 17.0 Å². The molecule has 0 aliphatic heterocycles. The number of furan rings is 1. The first kappa shape index (κ1) is 21.0. The van der Waals surface area contributed by atoms with Gasteiger partial charge in [-0.15, -0.1) is 0 Å². The summed E-state index contributed by atoms with van der Waals surface area (Å²) in [5.41, 5.74) is 1.92. The molecule has 2 amide bonds. The van der Waals surface area contributed by atoms with Crippen molar-refractivity contribution in [1.82, 2.24) is 10.6 Å². The van der Waals surface area contributed by atoms with Gasteiger partial charge in [0.25, 0.3) is 5.91 Å². The number of carbonyl (C=O) groups is 2. The van der Waals surface area contributed by atoms with Crippen molar-refractivity contribution < 1.29 is 14.0 Å². The van der Waals surface area contributed by atoms with Crippen LogP contribution in [0.25, 0.3) is 6.08 Å². The highest BCUT2D eigenvalue weighted by atomic mass is 32.1. The lowest BCUT2D eigenvalue weighted by Crippen LogP contribution is -2.34. The van der Waals surface area contributed by atoms with Crippen LogP contribution in [-0.2, 0) is 4.79 Å². The summed E-state index contributed by atoms with van der Waals surface area (Å²) < 4.78 is 5.13. The van der Waals surface area contributed by atoms with Crippen molar-refractivity contribution in [2.45, 2.75) is 13.0 Å². The Morgan fingerprint density at radius 2 is 1.73 bits per heavy atom. The Balaban J connectivity index is 1.62. The van der Waals surface area contributed by atoms with Gasteiger partial charge < -0.3 is 15.1 Å². The number of hydrogen-bond donors (Lipinski definition) is 3. The lowest BCUT2D eigenvalue weighted by atomic mass is 10.1. The van der Waals surface area contributed by atoms with E-state index in [9.17, 15) is 9.59 Å². The summed E-state index contributed by atoms with van der Waals surface area (Å²) in [6.45, 7) is 1.92. The summed E-state index contributed by atoms with van der Waals surface area (Å²) in [6.07, 6.45) is 4.36. The quantitative estimate of drug-likeness (QED) is 0.410. The van der Waals surface area contributed by atoms with Gasteiger partial charge in [-0.2, -0.15) is 0 Å². The summed E-state index contributed by atoms with van der Waals surface area (Å²) in [5, 5.41) is 8.51. The van der Waals surface area contributed by atoms with Crippen molar-refractivity contribution in [3.8, 4) is 0 Å². The maximum absolute atomic E-state index is 12.8. The summed E-state index contributed by atoms with van der Waals surface area (Å²) in [4.78, 5) is 24.8. The van der Waals surface area contributed by atoms with Crippen molar-refractivity contribution in [2.75, 3.05) is 5.32 Å². The van der Waals surface area contributed by atoms with Gasteiger partial charge in [0.2, 0.25) is 5.91 Å². The third kappa shape index (κ3) is 5.89. The SMILES string of the molecule is CC(NC(=O)c1ccccc1NC(=S)NC(=O)/C=C/c1ccco1)c1ccccc1. The number of hydrogen-bond acceptors (Lipinski definition) is 4. The molecule has 0 aliphatic carbocycles. The molecule has 0 fully saturated rings. The fourth-order valence-electron chi connectivity index (χ4n) is 2.74. The first-order valence-electron chi connectivity index (χ1n) is 9.31. The zero-order valence-electron chi connectivity index (χ0n) is 16.3. The van der Waals surface area contributed by atoms with Crippen molar-refractivity contribution in [1.29, 1.82) is 0 Å². The van der Waals surface area contributed by atoms with Gasteiger partial charge in [-0.25, -0.2) is 0 Å². The Hall–Kier alpha value is -3.71. The lowest BCUT2D eigenvalue weighted by molar-refractivity contribution is -0.115. The third-order valence-corrected chi connectivity index (χ3v) is 4.45. The standard InChI is InChI=1S/C23H21N3O3S/c1-16(17-8-3-2-4-9-17)24-22(28)19-11-5-6-12-20(19)25-23(30)26-21(27)14-13-18-10-7-15-29-18/h2-16H,1H3,(H,24,28)(H2,25,26,27,30)/b14-13+. The van der Waals surface area contributed by atoms with Crippen LogP contribution in [0, 0.1) is 0 Å². The molecule has 3 aromatic rings. The number of carbonyl (C=O) groups excluding carboxylic acids is 2. The van der Waals surface area contributed by atoms with Gasteiger partial charge in [-0.3, -0.25) is 14.9 Å². The van der Waals surface area contributed by atoms with E-state index in [-0.39, 0.29) is 17.1 Å². The molecule has 1 heterocycles. The molecule has 0 bridgehead atoms. The molecule has 6 nitrogen and oxygen atoms in total. The highest BCUT2D eigenvalue weighted by Gasteiger charge is 2.15. The molecular formula is C23H21N3O3S. The highest BCUT2D eigenvalue weighted by molar-refractivity contribution is 7.80. The van der Waals surface area contributed by atoms with Crippen LogP contribution in [0.15, 0.2) is 83.5 Å². The molecule has 1 atom stereocenters. The zero-order chi connectivity index (χ0) is 21.3. The first-order chi connectivity index (χ1) is 14.5. The van der Waals surface area contributed by atoms with Crippen LogP contribution >= 0.6 is 12.2 Å². The summed E-state index contributed by atoms with van der Waals surface area (Å²) in [6, 6.07) is 19.9. The molecule has 2 aromatic carbocycles. The number of anilines is 1. The molecule has 30 heavy (non-hydrogen) atoms. The Bertz CT molecular complexity index is 1050. The second-order valence-corrected chi connectivity index (χ2v) is 6.85.